The molecule has 2 rings (SSSR count). The summed E-state index contributed by atoms with van der Waals surface area (Å²) >= 11 is 9.27. The summed E-state index contributed by atoms with van der Waals surface area (Å²) in [6.45, 7) is 2.14. The molecule has 5 nitrogen and oxygen atoms in total. The molecule has 0 saturated carbocycles. The molecule has 0 amide bonds. The van der Waals surface area contributed by atoms with E-state index in [4.69, 9.17) is 35.9 Å². The molecule has 0 spiro atoms. The number of rotatable bonds is 11. The molecule has 0 N–H and O–H groups in total. The van der Waals surface area contributed by atoms with Crippen LogP contribution in [0.15, 0.2) is 34.8 Å². The third kappa shape index (κ3) is 5.92. The summed E-state index contributed by atoms with van der Waals surface area (Å²) < 4.78 is 28.0. The van der Waals surface area contributed by atoms with Crippen LogP contribution in [0.3, 0.4) is 0 Å². The van der Waals surface area contributed by atoms with Gasteiger partial charge in [-0.05, 0) is 76.2 Å². The average molecular weight is 509 g/mol. The van der Waals surface area contributed by atoms with Gasteiger partial charge in [-0.25, -0.2) is 0 Å². The van der Waals surface area contributed by atoms with Crippen molar-refractivity contribution in [1.82, 2.24) is 0 Å². The minimum atomic E-state index is 0.222. The average Bonchev–Trinajstić information content (AvgIpc) is 2.80. The lowest BCUT2D eigenvalue weighted by atomic mass is 9.91. The zero-order chi connectivity index (χ0) is 23.0. The van der Waals surface area contributed by atoms with Crippen molar-refractivity contribution < 1.29 is 23.7 Å². The Morgan fingerprint density at radius 1 is 0.903 bits per heavy atom. The number of benzene rings is 2. The van der Waals surface area contributed by atoms with Crippen molar-refractivity contribution >= 4 is 39.1 Å². The van der Waals surface area contributed by atoms with Crippen LogP contribution in [-0.2, 0) is 0 Å². The van der Waals surface area contributed by atoms with E-state index in [2.05, 4.69) is 22.9 Å². The summed E-state index contributed by atoms with van der Waals surface area (Å²) in [5.41, 5.74) is 2.06. The molecule has 1 atom stereocenters. The van der Waals surface area contributed by atoms with E-state index in [0.29, 0.717) is 28.7 Å². The first-order chi connectivity index (χ1) is 14.9. The van der Waals surface area contributed by atoms with Gasteiger partial charge in [-0.2, -0.15) is 0 Å². The maximum Gasteiger partial charge on any atom is 0.203 e. The molecular formula is C24H29BrO5S. The van der Waals surface area contributed by atoms with Gasteiger partial charge in [-0.15, -0.1) is 0 Å². The minimum absolute atomic E-state index is 0.222. The Labute approximate surface area is 198 Å². The van der Waals surface area contributed by atoms with Crippen molar-refractivity contribution in [2.24, 2.45) is 0 Å². The van der Waals surface area contributed by atoms with Gasteiger partial charge in [0.25, 0.3) is 0 Å². The van der Waals surface area contributed by atoms with Crippen LogP contribution in [0, 0.1) is 0 Å². The van der Waals surface area contributed by atoms with Crippen LogP contribution in [0.25, 0.3) is 6.08 Å². The number of thiocarbonyl (C=S) groups is 1. The van der Waals surface area contributed by atoms with Crippen LogP contribution in [0.1, 0.15) is 36.8 Å². The summed E-state index contributed by atoms with van der Waals surface area (Å²) in [5.74, 6) is 3.42. The fourth-order valence-corrected chi connectivity index (χ4v) is 4.25. The summed E-state index contributed by atoms with van der Waals surface area (Å²) in [4.78, 5) is 0.849. The second kappa shape index (κ2) is 12.0. The zero-order valence-electron chi connectivity index (χ0n) is 18.8. The second-order valence-electron chi connectivity index (χ2n) is 6.77. The molecule has 0 fully saturated rings. The van der Waals surface area contributed by atoms with E-state index in [-0.39, 0.29) is 5.92 Å². The Kier molecular flexibility index (Phi) is 9.65. The third-order valence-electron chi connectivity index (χ3n) is 5.06. The summed E-state index contributed by atoms with van der Waals surface area (Å²) in [6, 6.07) is 7.82. The first-order valence-electron chi connectivity index (χ1n) is 9.85. The first-order valence-corrected chi connectivity index (χ1v) is 11.0. The van der Waals surface area contributed by atoms with Gasteiger partial charge in [0.05, 0.1) is 40.0 Å². The van der Waals surface area contributed by atoms with Gasteiger partial charge < -0.3 is 23.7 Å². The van der Waals surface area contributed by atoms with Gasteiger partial charge in [0, 0.05) is 4.86 Å². The third-order valence-corrected chi connectivity index (χ3v) is 6.18. The van der Waals surface area contributed by atoms with Crippen molar-refractivity contribution in [3.05, 3.63) is 45.9 Å². The number of hydrogen-bond donors (Lipinski definition) is 0. The molecule has 0 saturated heterocycles. The molecule has 2 aromatic rings. The van der Waals surface area contributed by atoms with E-state index in [9.17, 15) is 0 Å². The topological polar surface area (TPSA) is 46.2 Å². The molecule has 0 aliphatic rings. The SMILES string of the molecule is CCC(CC(=S)/C=C/c1ccc(OC)c(OC)c1Br)c1cc(OC)c(OC)c(OC)c1. The van der Waals surface area contributed by atoms with Gasteiger partial charge in [0.2, 0.25) is 5.75 Å². The monoisotopic (exact) mass is 508 g/mol. The number of allylic oxidation sites excluding steroid dienone is 1. The molecule has 0 bridgehead atoms. The lowest BCUT2D eigenvalue weighted by molar-refractivity contribution is 0.323. The van der Waals surface area contributed by atoms with Crippen LogP contribution in [-0.4, -0.2) is 40.4 Å². The highest BCUT2D eigenvalue weighted by Gasteiger charge is 2.19. The highest BCUT2D eigenvalue weighted by molar-refractivity contribution is 9.10. The normalized spacial score (nSPS) is 11.8. The van der Waals surface area contributed by atoms with Crippen LogP contribution in [0.2, 0.25) is 0 Å². The van der Waals surface area contributed by atoms with Crippen molar-refractivity contribution in [2.75, 3.05) is 35.5 Å². The van der Waals surface area contributed by atoms with E-state index in [1.165, 1.54) is 0 Å². The molecule has 31 heavy (non-hydrogen) atoms. The van der Waals surface area contributed by atoms with Crippen molar-refractivity contribution in [3.63, 3.8) is 0 Å². The maximum absolute atomic E-state index is 5.67. The summed E-state index contributed by atoms with van der Waals surface area (Å²) in [6.07, 6.45) is 5.59. The molecule has 0 aliphatic carbocycles. The Hall–Kier alpha value is -2.25. The summed E-state index contributed by atoms with van der Waals surface area (Å²) in [5, 5.41) is 0. The highest BCUT2D eigenvalue weighted by Crippen LogP contribution is 2.41. The van der Waals surface area contributed by atoms with E-state index in [0.717, 1.165) is 33.3 Å². The Bertz CT molecular complexity index is 917. The number of hydrogen-bond acceptors (Lipinski definition) is 6. The van der Waals surface area contributed by atoms with Gasteiger partial charge in [-0.3, -0.25) is 0 Å². The molecule has 1 unspecified atom stereocenters. The summed E-state index contributed by atoms with van der Waals surface area (Å²) in [7, 11) is 8.07. The van der Waals surface area contributed by atoms with E-state index >= 15 is 0 Å². The standard InChI is InChI=1S/C24H29BrO5S/c1-7-15(17-13-20(27-3)23(29-5)21(14-17)28-4)12-18(31)10-8-16-9-11-19(26-2)24(30-6)22(16)25/h8-11,13-15H,7,12H2,1-6H3/b10-8+. The highest BCUT2D eigenvalue weighted by atomic mass is 79.9. The predicted molar refractivity (Wildman–Crippen MR) is 133 cm³/mol. The number of halogens is 1. The van der Waals surface area contributed by atoms with Crippen molar-refractivity contribution in [2.45, 2.75) is 25.7 Å². The largest absolute Gasteiger partial charge is 0.493 e. The van der Waals surface area contributed by atoms with Crippen LogP contribution >= 0.6 is 28.1 Å². The quantitative estimate of drug-likeness (QED) is 0.256. The van der Waals surface area contributed by atoms with Gasteiger partial charge >= 0.3 is 0 Å². The first kappa shape index (κ1) is 25.0. The van der Waals surface area contributed by atoms with Crippen LogP contribution < -0.4 is 23.7 Å². The fourth-order valence-electron chi connectivity index (χ4n) is 3.36. The van der Waals surface area contributed by atoms with Gasteiger partial charge in [0.15, 0.2) is 23.0 Å². The lowest BCUT2D eigenvalue weighted by Crippen LogP contribution is -2.05. The second-order valence-corrected chi connectivity index (χ2v) is 8.09. The lowest BCUT2D eigenvalue weighted by Gasteiger charge is -2.19. The number of methoxy groups -OCH3 is 5. The minimum Gasteiger partial charge on any atom is -0.493 e. The Balaban J connectivity index is 2.25. The molecule has 2 aromatic carbocycles. The predicted octanol–water partition coefficient (Wildman–Crippen LogP) is 6.46. The smallest absolute Gasteiger partial charge is 0.203 e. The Morgan fingerprint density at radius 2 is 1.48 bits per heavy atom. The van der Waals surface area contributed by atoms with E-state index < -0.39 is 0 Å². The zero-order valence-corrected chi connectivity index (χ0v) is 21.2. The van der Waals surface area contributed by atoms with E-state index in [1.54, 1.807) is 35.5 Å². The van der Waals surface area contributed by atoms with Crippen LogP contribution in [0.4, 0.5) is 0 Å². The Morgan fingerprint density at radius 3 is 1.97 bits per heavy atom. The van der Waals surface area contributed by atoms with Crippen molar-refractivity contribution in [3.8, 4) is 28.7 Å². The fraction of sp³-hybridized carbons (Fsp3) is 0.375. The maximum atomic E-state index is 5.67. The molecule has 0 aliphatic heterocycles. The molecule has 7 heteroatoms. The molecule has 0 heterocycles. The van der Waals surface area contributed by atoms with Crippen LogP contribution in [0.5, 0.6) is 28.7 Å². The molecule has 0 radical (unpaired) electrons. The molecule has 168 valence electrons. The van der Waals surface area contributed by atoms with E-state index in [1.807, 2.05) is 36.4 Å². The van der Waals surface area contributed by atoms with Crippen molar-refractivity contribution in [1.29, 1.82) is 0 Å². The molecular weight excluding hydrogens is 480 g/mol. The number of ether oxygens (including phenoxy) is 5. The van der Waals surface area contributed by atoms with Gasteiger partial charge in [-0.1, -0.05) is 25.2 Å². The van der Waals surface area contributed by atoms with Gasteiger partial charge in [0.1, 0.15) is 0 Å². The molecule has 0 aromatic heterocycles.